The van der Waals surface area contributed by atoms with Gasteiger partial charge in [-0.3, -0.25) is 19.5 Å². The molecule has 0 saturated carbocycles. The van der Waals surface area contributed by atoms with E-state index < -0.39 is 17.8 Å². The first-order valence-electron chi connectivity index (χ1n) is 15.9. The van der Waals surface area contributed by atoms with E-state index in [4.69, 9.17) is 16.3 Å². The number of H-pyrrole nitrogens is 1. The van der Waals surface area contributed by atoms with E-state index in [0.717, 1.165) is 34.9 Å². The zero-order chi connectivity index (χ0) is 36.0. The maximum atomic E-state index is 14.1. The Morgan fingerprint density at radius 3 is 2.48 bits per heavy atom. The van der Waals surface area contributed by atoms with E-state index in [1.807, 2.05) is 4.90 Å². The smallest absolute Gasteiger partial charge is 0.380 e. The molecule has 3 amide bonds. The van der Waals surface area contributed by atoms with Crippen molar-refractivity contribution in [3.63, 3.8) is 0 Å². The normalized spacial score (nSPS) is 17.7. The summed E-state index contributed by atoms with van der Waals surface area (Å²) in [6.07, 6.45) is -0.196. The fourth-order valence-electron chi connectivity index (χ4n) is 6.52. The summed E-state index contributed by atoms with van der Waals surface area (Å²) in [5.74, 6) is -0.844. The van der Waals surface area contributed by atoms with E-state index >= 15 is 0 Å². The number of nitrogens with zero attached hydrogens (tertiary/aromatic N) is 8. The Kier molecular flexibility index (Phi) is 9.49. The SMILES string of the molecule is COCc1cn[nH]c1-n1cc(-c2cnc(C(=O)Nc3ccc(C(=O)N4CCN(C(=O)C5CC[N+](C)(C)C5)CC4)c(Cl)c3)n2C)c(C(F)(F)F)n1. The van der Waals surface area contributed by atoms with Crippen molar-refractivity contribution < 1.29 is 36.8 Å². The average molecular weight is 718 g/mol. The van der Waals surface area contributed by atoms with E-state index in [1.165, 1.54) is 49.3 Å². The number of ether oxygens (including phenoxy) is 1. The second-order valence-corrected chi connectivity index (χ2v) is 13.5. The number of benzene rings is 1. The van der Waals surface area contributed by atoms with Crippen LogP contribution in [-0.2, 0) is 29.4 Å². The number of amides is 3. The van der Waals surface area contributed by atoms with Gasteiger partial charge < -0.3 is 28.9 Å². The van der Waals surface area contributed by atoms with Crippen LogP contribution in [0, 0.1) is 5.92 Å². The number of hydrogen-bond donors (Lipinski definition) is 2. The molecule has 1 atom stereocenters. The molecule has 18 heteroatoms. The van der Waals surface area contributed by atoms with Crippen molar-refractivity contribution in [2.75, 3.05) is 65.8 Å². The first-order chi connectivity index (χ1) is 23.7. The zero-order valence-corrected chi connectivity index (χ0v) is 28.7. The maximum absolute atomic E-state index is 14.1. The number of piperazine rings is 1. The lowest BCUT2D eigenvalue weighted by Gasteiger charge is -2.36. The summed E-state index contributed by atoms with van der Waals surface area (Å²) < 4.78 is 50.5. The third-order valence-corrected chi connectivity index (χ3v) is 9.47. The molecule has 0 aliphatic carbocycles. The summed E-state index contributed by atoms with van der Waals surface area (Å²) in [4.78, 5) is 47.2. The number of aromatic nitrogens is 6. The number of likely N-dealkylation sites (tertiary alicyclic amines) is 1. The molecule has 4 aromatic rings. The molecule has 2 aliphatic heterocycles. The van der Waals surface area contributed by atoms with Gasteiger partial charge in [0.15, 0.2) is 17.3 Å². The number of halogens is 4. The molecular weight excluding hydrogens is 681 g/mol. The third-order valence-electron chi connectivity index (χ3n) is 9.16. The first kappa shape index (κ1) is 35.1. The number of nitrogens with one attached hydrogen (secondary N) is 2. The highest BCUT2D eigenvalue weighted by molar-refractivity contribution is 6.34. The second kappa shape index (κ2) is 13.5. The van der Waals surface area contributed by atoms with Gasteiger partial charge >= 0.3 is 6.18 Å². The lowest BCUT2D eigenvalue weighted by Crippen LogP contribution is -2.52. The van der Waals surface area contributed by atoms with E-state index in [2.05, 4.69) is 39.7 Å². The zero-order valence-electron chi connectivity index (χ0n) is 27.9. The molecule has 0 spiro atoms. The van der Waals surface area contributed by atoms with Gasteiger partial charge in [-0.05, 0) is 18.2 Å². The maximum Gasteiger partial charge on any atom is 0.435 e. The van der Waals surface area contributed by atoms with Gasteiger partial charge in [-0.2, -0.15) is 23.4 Å². The van der Waals surface area contributed by atoms with Crippen LogP contribution in [0.4, 0.5) is 18.9 Å². The van der Waals surface area contributed by atoms with Gasteiger partial charge in [-0.15, -0.1) is 0 Å². The molecule has 2 N–H and O–H groups in total. The Morgan fingerprint density at radius 1 is 1.12 bits per heavy atom. The molecular formula is C32H37ClF3N10O4+. The lowest BCUT2D eigenvalue weighted by atomic mass is 10.1. The summed E-state index contributed by atoms with van der Waals surface area (Å²) in [5, 5.41) is 13.0. The number of quaternary nitrogens is 1. The molecule has 3 aromatic heterocycles. The summed E-state index contributed by atoms with van der Waals surface area (Å²) >= 11 is 6.50. The Balaban J connectivity index is 1.13. The molecule has 2 fully saturated rings. The highest BCUT2D eigenvalue weighted by Crippen LogP contribution is 2.37. The average Bonchev–Trinajstić information content (AvgIpc) is 3.86. The van der Waals surface area contributed by atoms with Crippen molar-refractivity contribution in [2.24, 2.45) is 13.0 Å². The Labute approximate surface area is 290 Å². The van der Waals surface area contributed by atoms with Crippen LogP contribution in [0.3, 0.4) is 0 Å². The van der Waals surface area contributed by atoms with Crippen LogP contribution < -0.4 is 5.32 Å². The van der Waals surface area contributed by atoms with E-state index in [1.54, 1.807) is 4.90 Å². The van der Waals surface area contributed by atoms with Crippen molar-refractivity contribution in [3.05, 3.63) is 64.5 Å². The number of rotatable bonds is 8. The van der Waals surface area contributed by atoms with Crippen LogP contribution in [0.5, 0.6) is 0 Å². The van der Waals surface area contributed by atoms with Gasteiger partial charge in [0.25, 0.3) is 11.8 Å². The molecule has 2 aliphatic rings. The van der Waals surface area contributed by atoms with Gasteiger partial charge in [0.2, 0.25) is 5.91 Å². The van der Waals surface area contributed by atoms with Crippen LogP contribution in [0.1, 0.15) is 38.7 Å². The van der Waals surface area contributed by atoms with E-state index in [-0.39, 0.29) is 63.5 Å². The molecule has 14 nitrogen and oxygen atoms in total. The topological polar surface area (TPSA) is 143 Å². The molecule has 5 heterocycles. The van der Waals surface area contributed by atoms with Gasteiger partial charge in [0.05, 0.1) is 73.9 Å². The van der Waals surface area contributed by atoms with Gasteiger partial charge in [-0.25, -0.2) is 9.67 Å². The van der Waals surface area contributed by atoms with Crippen molar-refractivity contribution in [3.8, 4) is 17.1 Å². The van der Waals surface area contributed by atoms with Crippen molar-refractivity contribution in [2.45, 2.75) is 19.2 Å². The summed E-state index contributed by atoms with van der Waals surface area (Å²) in [5.41, 5.74) is -0.507. The minimum Gasteiger partial charge on any atom is -0.380 e. The summed E-state index contributed by atoms with van der Waals surface area (Å²) in [6.45, 7) is 3.49. The Bertz CT molecular complexity index is 1930. The van der Waals surface area contributed by atoms with Gasteiger partial charge in [-0.1, -0.05) is 11.6 Å². The van der Waals surface area contributed by atoms with Crippen molar-refractivity contribution in [1.82, 2.24) is 39.3 Å². The fourth-order valence-corrected chi connectivity index (χ4v) is 6.78. The molecule has 6 rings (SSSR count). The first-order valence-corrected chi connectivity index (χ1v) is 16.3. The largest absolute Gasteiger partial charge is 0.435 e. The van der Waals surface area contributed by atoms with Crippen LogP contribution in [0.15, 0.2) is 36.8 Å². The number of hydrogen-bond acceptors (Lipinski definition) is 7. The van der Waals surface area contributed by atoms with Crippen LogP contribution in [0.25, 0.3) is 17.1 Å². The van der Waals surface area contributed by atoms with E-state index in [0.29, 0.717) is 31.7 Å². The lowest BCUT2D eigenvalue weighted by molar-refractivity contribution is -0.878. The van der Waals surface area contributed by atoms with Gasteiger partial charge in [0.1, 0.15) is 0 Å². The minimum absolute atomic E-state index is 0.000450. The summed E-state index contributed by atoms with van der Waals surface area (Å²) in [6, 6.07) is 4.43. The number of anilines is 1. The number of imidazole rings is 1. The number of methoxy groups -OCH3 is 1. The quantitative estimate of drug-likeness (QED) is 0.266. The second-order valence-electron chi connectivity index (χ2n) is 13.1. The molecule has 2 saturated heterocycles. The van der Waals surface area contributed by atoms with Crippen molar-refractivity contribution >= 4 is 35.0 Å². The Hall–Kier alpha value is -4.74. The molecule has 50 heavy (non-hydrogen) atoms. The predicted molar refractivity (Wildman–Crippen MR) is 175 cm³/mol. The van der Waals surface area contributed by atoms with Crippen molar-refractivity contribution in [1.29, 1.82) is 0 Å². The number of alkyl halides is 3. The molecule has 1 aromatic carbocycles. The number of aromatic amines is 1. The number of carbonyl (C=O) groups is 3. The highest BCUT2D eigenvalue weighted by Gasteiger charge is 2.40. The highest BCUT2D eigenvalue weighted by atomic mass is 35.5. The van der Waals surface area contributed by atoms with Crippen LogP contribution in [-0.4, -0.2) is 122 Å². The molecule has 0 bridgehead atoms. The molecule has 0 radical (unpaired) electrons. The third kappa shape index (κ3) is 6.97. The standard InChI is InChI=1S/C32H36ClF3N10O4/c1-42-25(23-16-45(41-26(23)32(34,35)36)27-20(18-50-4)14-38-40-27)15-37-28(42)29(47)39-21-5-6-22(24(33)13-21)31(49)44-10-8-43(9-11-44)30(48)19-7-12-46(2,3)17-19/h5-6,13-16,19H,7-12,17-18H2,1-4H3,(H-,38,39,40,47,49)/p+1. The fraction of sp³-hybridized carbons (Fsp3) is 0.438. The van der Waals surface area contributed by atoms with Crippen LogP contribution >= 0.6 is 11.6 Å². The monoisotopic (exact) mass is 717 g/mol. The van der Waals surface area contributed by atoms with Gasteiger partial charge in [0, 0.05) is 64.2 Å². The Morgan fingerprint density at radius 2 is 1.84 bits per heavy atom. The predicted octanol–water partition coefficient (Wildman–Crippen LogP) is 3.45. The van der Waals surface area contributed by atoms with Crippen LogP contribution in [0.2, 0.25) is 5.02 Å². The molecule has 266 valence electrons. The van der Waals surface area contributed by atoms with E-state index in [9.17, 15) is 27.6 Å². The summed E-state index contributed by atoms with van der Waals surface area (Å²) in [7, 11) is 7.10. The minimum atomic E-state index is -4.82. The molecule has 1 unspecified atom stereocenters. The number of carbonyl (C=O) groups excluding carboxylic acids is 3.